The highest BCUT2D eigenvalue weighted by Crippen LogP contribution is 1.89. The Morgan fingerprint density at radius 1 is 1.46 bits per heavy atom. The van der Waals surface area contributed by atoms with Crippen molar-refractivity contribution in [2.24, 2.45) is 5.92 Å². The van der Waals surface area contributed by atoms with Crippen molar-refractivity contribution < 1.29 is 0 Å². The average Bonchev–Trinajstić information content (AvgIpc) is 2.08. The van der Waals surface area contributed by atoms with Crippen LogP contribution in [-0.2, 0) is 0 Å². The van der Waals surface area contributed by atoms with Crippen molar-refractivity contribution in [3.8, 4) is 0 Å². The number of pyridine rings is 1. The van der Waals surface area contributed by atoms with Gasteiger partial charge in [-0.3, -0.25) is 4.98 Å². The molecule has 0 aliphatic carbocycles. The lowest BCUT2D eigenvalue weighted by atomic mass is 10.2. The van der Waals surface area contributed by atoms with Gasteiger partial charge in [-0.1, -0.05) is 44.7 Å². The molecule has 0 atom stereocenters. The molecule has 0 saturated heterocycles. The Kier molecular flexibility index (Phi) is 3.44. The quantitative estimate of drug-likeness (QED) is 0.660. The van der Waals surface area contributed by atoms with Gasteiger partial charge in [0.15, 0.2) is 0 Å². The molecule has 0 aliphatic rings. The molecule has 0 unspecified atom stereocenters. The van der Waals surface area contributed by atoms with Crippen molar-refractivity contribution in [2.45, 2.75) is 13.8 Å². The molecule has 0 saturated carbocycles. The van der Waals surface area contributed by atoms with Gasteiger partial charge in [0.2, 0.25) is 0 Å². The summed E-state index contributed by atoms with van der Waals surface area (Å²) in [5.74, 6) is 0.520. The lowest BCUT2D eigenvalue weighted by Crippen LogP contribution is -2.27. The summed E-state index contributed by atoms with van der Waals surface area (Å²) in [6.07, 6.45) is 7.72. The molecule has 13 heavy (non-hydrogen) atoms. The van der Waals surface area contributed by atoms with Crippen LogP contribution in [0.2, 0.25) is 0 Å². The van der Waals surface area contributed by atoms with E-state index in [0.717, 1.165) is 10.6 Å². The maximum absolute atomic E-state index is 4.30. The Balaban J connectivity index is 3.36. The number of allylic oxidation sites excluding steroid dienone is 1. The molecule has 0 spiro atoms. The van der Waals surface area contributed by atoms with Crippen LogP contribution >= 0.6 is 0 Å². The smallest absolute Gasteiger partial charge is 0.0664 e. The monoisotopic (exact) mass is 173 g/mol. The first kappa shape index (κ1) is 9.72. The summed E-state index contributed by atoms with van der Waals surface area (Å²) in [5, 5.41) is 2.17. The topological polar surface area (TPSA) is 12.9 Å². The highest BCUT2D eigenvalue weighted by atomic mass is 14.6. The van der Waals surface area contributed by atoms with Gasteiger partial charge in [-0.2, -0.15) is 0 Å². The molecule has 0 amide bonds. The first-order chi connectivity index (χ1) is 6.24. The zero-order chi connectivity index (χ0) is 9.68. The molecule has 0 bridgehead atoms. The van der Waals surface area contributed by atoms with Crippen molar-refractivity contribution in [3.05, 3.63) is 41.6 Å². The SMILES string of the molecule is C=C/C=c1/cccn/c1=C/C(C)C. The normalized spacial score (nSPS) is 13.8. The Labute approximate surface area is 79.1 Å². The third-order valence-electron chi connectivity index (χ3n) is 1.66. The molecule has 1 aromatic heterocycles. The molecule has 1 heterocycles. The average molecular weight is 173 g/mol. The molecule has 0 radical (unpaired) electrons. The Bertz CT molecular complexity index is 388. The van der Waals surface area contributed by atoms with Crippen LogP contribution in [0, 0.1) is 5.92 Å². The Morgan fingerprint density at radius 3 is 2.85 bits per heavy atom. The summed E-state index contributed by atoms with van der Waals surface area (Å²) in [4.78, 5) is 4.30. The first-order valence-corrected chi connectivity index (χ1v) is 4.49. The fraction of sp³-hybridized carbons (Fsp3) is 0.250. The minimum atomic E-state index is 0.520. The number of nitrogens with zero attached hydrogens (tertiary/aromatic N) is 1. The summed E-state index contributed by atoms with van der Waals surface area (Å²) in [7, 11) is 0. The molecule has 0 aliphatic heterocycles. The van der Waals surface area contributed by atoms with E-state index >= 15 is 0 Å². The van der Waals surface area contributed by atoms with E-state index in [4.69, 9.17) is 0 Å². The summed E-state index contributed by atoms with van der Waals surface area (Å²) in [6.45, 7) is 7.97. The van der Waals surface area contributed by atoms with E-state index in [-0.39, 0.29) is 0 Å². The van der Waals surface area contributed by atoms with Gasteiger partial charge in [0.1, 0.15) is 0 Å². The minimum absolute atomic E-state index is 0.520. The van der Waals surface area contributed by atoms with E-state index in [1.807, 2.05) is 24.4 Å². The number of rotatable bonds is 2. The molecule has 1 aromatic rings. The number of hydrogen-bond acceptors (Lipinski definition) is 1. The van der Waals surface area contributed by atoms with Crippen molar-refractivity contribution in [3.63, 3.8) is 0 Å². The summed E-state index contributed by atoms with van der Waals surface area (Å²) in [6, 6.07) is 3.98. The number of aromatic nitrogens is 1. The molecule has 0 N–H and O–H groups in total. The number of hydrogen-bond donors (Lipinski definition) is 0. The van der Waals surface area contributed by atoms with Crippen molar-refractivity contribution >= 4 is 12.2 Å². The highest BCUT2D eigenvalue weighted by molar-refractivity contribution is 5.36. The maximum Gasteiger partial charge on any atom is 0.0664 e. The zero-order valence-corrected chi connectivity index (χ0v) is 8.20. The second kappa shape index (κ2) is 4.61. The zero-order valence-electron chi connectivity index (χ0n) is 8.20. The second-order valence-electron chi connectivity index (χ2n) is 3.29. The van der Waals surface area contributed by atoms with E-state index in [2.05, 4.69) is 31.5 Å². The maximum atomic E-state index is 4.30. The van der Waals surface area contributed by atoms with Gasteiger partial charge < -0.3 is 0 Å². The van der Waals surface area contributed by atoms with Crippen molar-refractivity contribution in [1.29, 1.82) is 0 Å². The van der Waals surface area contributed by atoms with E-state index in [0.29, 0.717) is 5.92 Å². The standard InChI is InChI=1S/C12H15N/c1-4-6-11-7-5-8-13-12(11)9-10(2)3/h4-10H,1H2,2-3H3/b11-6-,12-9+. The summed E-state index contributed by atoms with van der Waals surface area (Å²) in [5.41, 5.74) is 0. The van der Waals surface area contributed by atoms with Gasteiger partial charge in [-0.05, 0) is 17.2 Å². The van der Waals surface area contributed by atoms with Gasteiger partial charge in [-0.15, -0.1) is 0 Å². The highest BCUT2D eigenvalue weighted by Gasteiger charge is 1.87. The molecular formula is C12H15N. The van der Waals surface area contributed by atoms with E-state index in [1.54, 1.807) is 6.08 Å². The van der Waals surface area contributed by atoms with Crippen LogP contribution in [-0.4, -0.2) is 4.98 Å². The minimum Gasteiger partial charge on any atom is -0.257 e. The molecule has 0 fully saturated rings. The molecule has 1 heteroatoms. The third kappa shape index (κ3) is 2.86. The predicted octanol–water partition coefficient (Wildman–Crippen LogP) is 1.48. The third-order valence-corrected chi connectivity index (χ3v) is 1.66. The molecule has 1 rings (SSSR count). The summed E-state index contributed by atoms with van der Waals surface area (Å²) < 4.78 is 0. The van der Waals surface area contributed by atoms with Crippen molar-refractivity contribution in [2.75, 3.05) is 0 Å². The Hall–Kier alpha value is -1.37. The first-order valence-electron chi connectivity index (χ1n) is 4.49. The van der Waals surface area contributed by atoms with Crippen LogP contribution in [0.3, 0.4) is 0 Å². The van der Waals surface area contributed by atoms with Crippen LogP contribution < -0.4 is 10.6 Å². The van der Waals surface area contributed by atoms with Gasteiger partial charge >= 0.3 is 0 Å². The predicted molar refractivity (Wildman–Crippen MR) is 57.5 cm³/mol. The molecule has 1 nitrogen and oxygen atoms in total. The molecule has 68 valence electrons. The van der Waals surface area contributed by atoms with Crippen LogP contribution in [0.5, 0.6) is 0 Å². The lowest BCUT2D eigenvalue weighted by Gasteiger charge is -1.93. The van der Waals surface area contributed by atoms with E-state index in [1.165, 1.54) is 0 Å². The molecule has 0 aromatic carbocycles. The van der Waals surface area contributed by atoms with Crippen LogP contribution in [0.25, 0.3) is 12.2 Å². The fourth-order valence-electron chi connectivity index (χ4n) is 1.15. The second-order valence-corrected chi connectivity index (χ2v) is 3.29. The summed E-state index contributed by atoms with van der Waals surface area (Å²) >= 11 is 0. The van der Waals surface area contributed by atoms with E-state index < -0.39 is 0 Å². The van der Waals surface area contributed by atoms with Gasteiger partial charge in [-0.25, -0.2) is 0 Å². The molecular weight excluding hydrogens is 158 g/mol. The van der Waals surface area contributed by atoms with Crippen LogP contribution in [0.4, 0.5) is 0 Å². The largest absolute Gasteiger partial charge is 0.257 e. The van der Waals surface area contributed by atoms with Gasteiger partial charge in [0.05, 0.1) is 5.35 Å². The fourth-order valence-corrected chi connectivity index (χ4v) is 1.15. The van der Waals surface area contributed by atoms with Crippen molar-refractivity contribution in [1.82, 2.24) is 4.98 Å². The lowest BCUT2D eigenvalue weighted by molar-refractivity contribution is 0.875. The van der Waals surface area contributed by atoms with Crippen LogP contribution in [0.15, 0.2) is 31.0 Å². The van der Waals surface area contributed by atoms with Gasteiger partial charge in [0, 0.05) is 6.20 Å². The van der Waals surface area contributed by atoms with Gasteiger partial charge in [0.25, 0.3) is 0 Å². The van der Waals surface area contributed by atoms with E-state index in [9.17, 15) is 0 Å². The van der Waals surface area contributed by atoms with Crippen LogP contribution in [0.1, 0.15) is 13.8 Å². The Morgan fingerprint density at radius 2 is 2.23 bits per heavy atom.